The zero-order chi connectivity index (χ0) is 22.1. The molecule has 0 heterocycles. The van der Waals surface area contributed by atoms with Gasteiger partial charge in [0.05, 0.1) is 6.61 Å². The molecule has 0 rings (SSSR count). The lowest BCUT2D eigenvalue weighted by Gasteiger charge is -2.30. The highest BCUT2D eigenvalue weighted by Crippen LogP contribution is 2.28. The van der Waals surface area contributed by atoms with Crippen molar-refractivity contribution in [2.45, 2.75) is 37.9 Å². The smallest absolute Gasteiger partial charge is 0.463 e. The van der Waals surface area contributed by atoms with Gasteiger partial charge in [-0.05, 0) is 13.3 Å². The van der Waals surface area contributed by atoms with E-state index in [-0.39, 0.29) is 0 Å². The Hall–Kier alpha value is -1.32. The molecule has 166 valence electrons. The normalized spacial score (nSPS) is 13.9. The first-order valence-electron chi connectivity index (χ1n) is 7.49. The number of hydrogen-bond acceptors (Lipinski definition) is 5. The molecule has 0 saturated carbocycles. The van der Waals surface area contributed by atoms with Gasteiger partial charge in [-0.25, -0.2) is 4.79 Å². The van der Waals surface area contributed by atoms with Crippen LogP contribution < -0.4 is 0 Å². The number of allylic oxidation sites excluding steroid dienone is 1. The molecule has 0 aromatic rings. The summed E-state index contributed by atoms with van der Waals surface area (Å²) in [6.07, 6.45) is -13.3. The lowest BCUT2D eigenvalue weighted by Crippen LogP contribution is -2.51. The minimum Gasteiger partial charge on any atom is -0.463 e. The molecule has 0 radical (unpaired) electrons. The van der Waals surface area contributed by atoms with Gasteiger partial charge in [-0.2, -0.15) is 39.5 Å². The zero-order valence-corrected chi connectivity index (χ0v) is 15.3. The summed E-state index contributed by atoms with van der Waals surface area (Å²) >= 11 is 0. The Morgan fingerprint density at radius 3 is 1.54 bits per heavy atom. The molecule has 0 saturated heterocycles. The van der Waals surface area contributed by atoms with E-state index in [1.165, 1.54) is 13.0 Å². The van der Waals surface area contributed by atoms with Crippen molar-refractivity contribution in [3.8, 4) is 0 Å². The minimum absolute atomic E-state index is 0.455. The fourth-order valence-electron chi connectivity index (χ4n) is 1.56. The molecule has 0 aliphatic carbocycles. The standard InChI is InChI=1S/C13H17F9O5Si/c1-2-4-10(23)24-5-3-6-28(25-7-11(14,15)16,26-8-12(17,18)19)27-9-13(20,21)22/h2,4H,3,5-9H2,1H3. The Kier molecular flexibility index (Phi) is 10.5. The van der Waals surface area contributed by atoms with Crippen LogP contribution in [0, 0.1) is 0 Å². The number of carbonyl (C=O) groups is 1. The largest absolute Gasteiger partial charge is 0.502 e. The molecule has 5 nitrogen and oxygen atoms in total. The van der Waals surface area contributed by atoms with E-state index in [4.69, 9.17) is 0 Å². The Labute approximate surface area is 154 Å². The fraction of sp³-hybridized carbons (Fsp3) is 0.769. The van der Waals surface area contributed by atoms with Gasteiger partial charge in [0.1, 0.15) is 19.8 Å². The molecule has 0 unspecified atom stereocenters. The SMILES string of the molecule is CC=CC(=O)OCCC[Si](OCC(F)(F)F)(OCC(F)(F)F)OCC(F)(F)F. The summed E-state index contributed by atoms with van der Waals surface area (Å²) in [6, 6.07) is -0.877. The molecule has 0 bridgehead atoms. The number of carbonyl (C=O) groups excluding carboxylic acids is 1. The van der Waals surface area contributed by atoms with E-state index in [0.717, 1.165) is 6.08 Å². The second-order valence-electron chi connectivity index (χ2n) is 5.17. The van der Waals surface area contributed by atoms with Gasteiger partial charge in [0.25, 0.3) is 0 Å². The second-order valence-corrected chi connectivity index (χ2v) is 7.90. The molecule has 0 N–H and O–H groups in total. The third kappa shape index (κ3) is 14.7. The van der Waals surface area contributed by atoms with E-state index in [1.807, 2.05) is 0 Å². The summed E-state index contributed by atoms with van der Waals surface area (Å²) in [5.41, 5.74) is 0. The van der Waals surface area contributed by atoms with E-state index >= 15 is 0 Å². The number of esters is 1. The van der Waals surface area contributed by atoms with Crippen LogP contribution >= 0.6 is 0 Å². The first kappa shape index (κ1) is 26.7. The van der Waals surface area contributed by atoms with Gasteiger partial charge < -0.3 is 18.0 Å². The van der Waals surface area contributed by atoms with Crippen LogP contribution in [-0.4, -0.2) is 59.7 Å². The van der Waals surface area contributed by atoms with Crippen molar-refractivity contribution in [1.29, 1.82) is 0 Å². The predicted molar refractivity (Wildman–Crippen MR) is 77.0 cm³/mol. The van der Waals surface area contributed by atoms with Crippen LogP contribution in [0.3, 0.4) is 0 Å². The van der Waals surface area contributed by atoms with Crippen molar-refractivity contribution in [3.05, 3.63) is 12.2 Å². The Bertz CT molecular complexity index is 457. The van der Waals surface area contributed by atoms with E-state index in [9.17, 15) is 44.3 Å². The molecule has 0 fully saturated rings. The van der Waals surface area contributed by atoms with Crippen molar-refractivity contribution in [1.82, 2.24) is 0 Å². The van der Waals surface area contributed by atoms with Gasteiger partial charge in [0, 0.05) is 12.1 Å². The minimum atomic E-state index is -5.08. The summed E-state index contributed by atoms with van der Waals surface area (Å²) in [5, 5.41) is 0. The van der Waals surface area contributed by atoms with Gasteiger partial charge in [-0.3, -0.25) is 0 Å². The quantitative estimate of drug-likeness (QED) is 0.155. The van der Waals surface area contributed by atoms with E-state index in [2.05, 4.69) is 18.0 Å². The predicted octanol–water partition coefficient (Wildman–Crippen LogP) is 4.17. The van der Waals surface area contributed by atoms with Crippen molar-refractivity contribution in [3.63, 3.8) is 0 Å². The summed E-state index contributed by atoms with van der Waals surface area (Å²) in [6.45, 7) is -5.56. The molecular formula is C13H17F9O5Si. The number of halogens is 9. The first-order chi connectivity index (χ1) is 12.6. The lowest BCUT2D eigenvalue weighted by molar-refractivity contribution is -0.194. The summed E-state index contributed by atoms with van der Waals surface area (Å²) in [4.78, 5) is 11.1. The molecule has 0 atom stereocenters. The van der Waals surface area contributed by atoms with Crippen LogP contribution in [0.15, 0.2) is 12.2 Å². The van der Waals surface area contributed by atoms with Crippen LogP contribution in [0.2, 0.25) is 6.04 Å². The molecule has 0 aliphatic rings. The molecular weight excluding hydrogens is 435 g/mol. The maximum absolute atomic E-state index is 12.4. The van der Waals surface area contributed by atoms with Crippen LogP contribution in [0.4, 0.5) is 39.5 Å². The van der Waals surface area contributed by atoms with Gasteiger partial charge in [-0.1, -0.05) is 6.08 Å². The highest BCUT2D eigenvalue weighted by molar-refractivity contribution is 6.60. The van der Waals surface area contributed by atoms with E-state index in [1.54, 1.807) is 0 Å². The van der Waals surface area contributed by atoms with Crippen molar-refractivity contribution in [2.24, 2.45) is 0 Å². The molecule has 0 aromatic heterocycles. The van der Waals surface area contributed by atoms with E-state index in [0.29, 0.717) is 0 Å². The maximum atomic E-state index is 12.4. The molecule has 0 spiro atoms. The summed E-state index contributed by atoms with van der Waals surface area (Å²) in [5.74, 6) is -0.863. The summed E-state index contributed by atoms with van der Waals surface area (Å²) in [7, 11) is -5.08. The van der Waals surface area contributed by atoms with Gasteiger partial charge in [-0.15, -0.1) is 0 Å². The number of hydrogen-bond donors (Lipinski definition) is 0. The molecule has 0 aliphatic heterocycles. The maximum Gasteiger partial charge on any atom is 0.502 e. The number of alkyl halides is 9. The Balaban J connectivity index is 5.25. The Morgan fingerprint density at radius 2 is 1.21 bits per heavy atom. The number of ether oxygens (including phenoxy) is 1. The summed E-state index contributed by atoms with van der Waals surface area (Å²) < 4.78 is 129. The van der Waals surface area contributed by atoms with Crippen molar-refractivity contribution < 1.29 is 62.3 Å². The fourth-order valence-corrected chi connectivity index (χ4v) is 3.97. The zero-order valence-electron chi connectivity index (χ0n) is 14.3. The first-order valence-corrected chi connectivity index (χ1v) is 9.42. The highest BCUT2D eigenvalue weighted by atomic mass is 28.4. The van der Waals surface area contributed by atoms with Crippen LogP contribution in [0.25, 0.3) is 0 Å². The van der Waals surface area contributed by atoms with Crippen LogP contribution in [0.5, 0.6) is 0 Å². The average molecular weight is 452 g/mol. The van der Waals surface area contributed by atoms with Crippen molar-refractivity contribution in [2.75, 3.05) is 26.4 Å². The molecule has 0 amide bonds. The number of rotatable bonds is 11. The van der Waals surface area contributed by atoms with Gasteiger partial charge >= 0.3 is 33.3 Å². The van der Waals surface area contributed by atoms with Crippen molar-refractivity contribution >= 4 is 14.8 Å². The van der Waals surface area contributed by atoms with Crippen LogP contribution in [-0.2, 0) is 22.8 Å². The van der Waals surface area contributed by atoms with Gasteiger partial charge in [0.15, 0.2) is 0 Å². The third-order valence-electron chi connectivity index (χ3n) is 2.54. The molecule has 0 aromatic carbocycles. The lowest BCUT2D eigenvalue weighted by atomic mass is 10.5. The molecule has 28 heavy (non-hydrogen) atoms. The monoisotopic (exact) mass is 452 g/mol. The van der Waals surface area contributed by atoms with Crippen LogP contribution in [0.1, 0.15) is 13.3 Å². The topological polar surface area (TPSA) is 54.0 Å². The third-order valence-corrected chi connectivity index (χ3v) is 5.26. The second kappa shape index (κ2) is 11.0. The highest BCUT2D eigenvalue weighted by Gasteiger charge is 2.49. The van der Waals surface area contributed by atoms with E-state index < -0.39 is 72.2 Å². The average Bonchev–Trinajstić information content (AvgIpc) is 2.50. The van der Waals surface area contributed by atoms with Gasteiger partial charge in [0.2, 0.25) is 0 Å². The molecule has 15 heteroatoms. The Morgan fingerprint density at radius 1 is 0.821 bits per heavy atom.